The van der Waals surface area contributed by atoms with Crippen LogP contribution in [0.1, 0.15) is 0 Å². The van der Waals surface area contributed by atoms with E-state index in [1.165, 1.54) is 32.8 Å². The molecule has 0 atom stereocenters. The van der Waals surface area contributed by atoms with Gasteiger partial charge in [0.05, 0.1) is 17.1 Å². The van der Waals surface area contributed by atoms with Crippen molar-refractivity contribution in [2.45, 2.75) is 0 Å². The quantitative estimate of drug-likeness (QED) is 0.119. The SMILES string of the molecule is c1ccc(-c2ccccc2N2c3cc4c(cc3B3c5ccccc5N(c5ccccc5)c5cc(N(c6ccccc6)c6ccccc6)cc2c53)B2c3ccccc3N(c3ccccc3)c3cc(N(c5ccccc5)c5ccccc5)cc(c32)N4c2ccccc2)cc1. The zero-order valence-electron chi connectivity index (χ0n) is 50.3. The van der Waals surface area contributed by atoms with Crippen molar-refractivity contribution >= 4 is 149 Å². The highest BCUT2D eigenvalue weighted by Crippen LogP contribution is 2.53. The largest absolute Gasteiger partial charge is 0.311 e. The monoisotopic (exact) mass is 1170 g/mol. The maximum absolute atomic E-state index is 2.64. The number of fused-ring (bicyclic) bond motifs is 8. The van der Waals surface area contributed by atoms with Gasteiger partial charge in [-0.3, -0.25) is 0 Å². The first-order chi connectivity index (χ1) is 45.7. The molecule has 430 valence electrons. The van der Waals surface area contributed by atoms with Crippen LogP contribution in [0, 0.1) is 0 Å². The molecule has 14 aromatic carbocycles. The summed E-state index contributed by atoms with van der Waals surface area (Å²) in [5.41, 5.74) is 29.5. The van der Waals surface area contributed by atoms with E-state index in [4.69, 9.17) is 0 Å². The minimum Gasteiger partial charge on any atom is -0.311 e. The molecule has 8 heteroatoms. The number of para-hydroxylation sites is 10. The summed E-state index contributed by atoms with van der Waals surface area (Å²) in [5, 5.41) is 0. The lowest BCUT2D eigenvalue weighted by atomic mass is 9.30. The summed E-state index contributed by atoms with van der Waals surface area (Å²) in [7, 11) is 0. The third kappa shape index (κ3) is 8.52. The van der Waals surface area contributed by atoms with Gasteiger partial charge in [0.1, 0.15) is 0 Å². The van der Waals surface area contributed by atoms with Crippen LogP contribution in [0.5, 0.6) is 0 Å². The van der Waals surface area contributed by atoms with E-state index >= 15 is 0 Å². The fraction of sp³-hybridized carbons (Fsp3) is 0. The number of hydrogen-bond acceptors (Lipinski definition) is 6. The van der Waals surface area contributed by atoms with E-state index < -0.39 is 0 Å². The van der Waals surface area contributed by atoms with Gasteiger partial charge < -0.3 is 29.4 Å². The maximum Gasteiger partial charge on any atom is 0.252 e. The Morgan fingerprint density at radius 3 is 0.880 bits per heavy atom. The summed E-state index contributed by atoms with van der Waals surface area (Å²) >= 11 is 0. The van der Waals surface area contributed by atoms with Crippen LogP contribution in [0.4, 0.5) is 102 Å². The maximum atomic E-state index is 2.64. The van der Waals surface area contributed by atoms with Gasteiger partial charge in [0.25, 0.3) is 13.4 Å². The minimum absolute atomic E-state index is 0.175. The van der Waals surface area contributed by atoms with E-state index in [1.807, 2.05) is 0 Å². The predicted octanol–water partition coefficient (Wildman–Crippen LogP) is 18.5. The Balaban J connectivity index is 0.985. The summed E-state index contributed by atoms with van der Waals surface area (Å²) in [5.74, 6) is 0. The summed E-state index contributed by atoms with van der Waals surface area (Å²) < 4.78 is 0. The normalized spacial score (nSPS) is 12.9. The Kier molecular flexibility index (Phi) is 12.7. The van der Waals surface area contributed by atoms with Crippen molar-refractivity contribution in [2.24, 2.45) is 0 Å². The lowest BCUT2D eigenvalue weighted by Gasteiger charge is -2.48. The minimum atomic E-state index is -0.189. The molecule has 0 unspecified atom stereocenters. The average Bonchev–Trinajstić information content (AvgIpc) is 0.687. The second-order valence-corrected chi connectivity index (χ2v) is 24.0. The van der Waals surface area contributed by atoms with Gasteiger partial charge in [0, 0.05) is 90.9 Å². The standard InChI is InChI=1S/C84H58B2N6/c1-9-31-59(32-10-1)69-47-25-28-50-74(69)92-78-58-77-72(57-73(78)86-71-49-27-30-52-76(71)90(65-43-21-7-22-44-65)80-54-68(56-82(92)84(80)86)88(62-37-15-4-16-38-62)63-39-17-5-18-40-63)85-70-48-26-29-51-75(70)89(64-41-19-6-20-42-64)79-53-67(55-81(83(79)85)91(77)66-45-23-8-24-46-66)87(60-33-11-2-12-34-60)61-35-13-3-14-36-61/h1-58H. The second kappa shape index (κ2) is 21.9. The van der Waals surface area contributed by atoms with Gasteiger partial charge in [-0.2, -0.15) is 0 Å². The molecule has 0 bridgehead atoms. The van der Waals surface area contributed by atoms with E-state index in [9.17, 15) is 0 Å². The first-order valence-electron chi connectivity index (χ1n) is 31.7. The topological polar surface area (TPSA) is 19.4 Å². The van der Waals surface area contributed by atoms with Gasteiger partial charge in [-0.25, -0.2) is 0 Å². The van der Waals surface area contributed by atoms with Crippen LogP contribution in [0.3, 0.4) is 0 Å². The van der Waals surface area contributed by atoms with E-state index in [-0.39, 0.29) is 13.4 Å². The van der Waals surface area contributed by atoms with Crippen LogP contribution >= 0.6 is 0 Å². The number of hydrogen-bond donors (Lipinski definition) is 0. The van der Waals surface area contributed by atoms with Gasteiger partial charge in [0.15, 0.2) is 0 Å². The highest BCUT2D eigenvalue weighted by Gasteiger charge is 2.49. The van der Waals surface area contributed by atoms with Crippen LogP contribution in [-0.2, 0) is 0 Å². The Hall–Kier alpha value is -12.0. The fourth-order valence-electron chi connectivity index (χ4n) is 15.2. The first kappa shape index (κ1) is 53.1. The molecule has 0 aliphatic carbocycles. The molecule has 4 heterocycles. The zero-order chi connectivity index (χ0) is 60.6. The summed E-state index contributed by atoms with van der Waals surface area (Å²) in [6, 6.07) is 130. The molecule has 18 rings (SSSR count). The van der Waals surface area contributed by atoms with Crippen molar-refractivity contribution in [1.29, 1.82) is 0 Å². The van der Waals surface area contributed by atoms with Gasteiger partial charge in [0.2, 0.25) is 0 Å². The third-order valence-corrected chi connectivity index (χ3v) is 18.9. The molecule has 0 amide bonds. The molecule has 6 nitrogen and oxygen atoms in total. The van der Waals surface area contributed by atoms with Gasteiger partial charge >= 0.3 is 0 Å². The Labute approximate surface area is 537 Å². The Bertz CT molecular complexity index is 5010. The average molecular weight is 1170 g/mol. The first-order valence-corrected chi connectivity index (χ1v) is 31.7. The Morgan fingerprint density at radius 1 is 0.196 bits per heavy atom. The van der Waals surface area contributed by atoms with Crippen molar-refractivity contribution in [3.63, 3.8) is 0 Å². The number of rotatable bonds is 11. The van der Waals surface area contributed by atoms with Crippen molar-refractivity contribution in [3.8, 4) is 11.1 Å². The Morgan fingerprint density at radius 2 is 0.489 bits per heavy atom. The van der Waals surface area contributed by atoms with Crippen LogP contribution in [0.2, 0.25) is 0 Å². The highest BCUT2D eigenvalue weighted by molar-refractivity contribution is 7.03. The summed E-state index contributed by atoms with van der Waals surface area (Å²) in [6.07, 6.45) is 0. The summed E-state index contributed by atoms with van der Waals surface area (Å²) in [6.45, 7) is -0.364. The lowest BCUT2D eigenvalue weighted by Crippen LogP contribution is -2.65. The molecule has 0 N–H and O–H groups in total. The molecule has 92 heavy (non-hydrogen) atoms. The molecule has 0 aromatic heterocycles. The van der Waals surface area contributed by atoms with Crippen molar-refractivity contribution < 1.29 is 0 Å². The zero-order valence-corrected chi connectivity index (χ0v) is 50.3. The lowest BCUT2D eigenvalue weighted by molar-refractivity contribution is 1.21. The molecular formula is C84H58B2N6. The molecule has 0 radical (unpaired) electrons. The number of anilines is 18. The number of benzene rings is 14. The van der Waals surface area contributed by atoms with E-state index in [0.29, 0.717) is 0 Å². The molecule has 0 fully saturated rings. The van der Waals surface area contributed by atoms with Gasteiger partial charge in [-0.1, -0.05) is 218 Å². The van der Waals surface area contributed by atoms with Crippen LogP contribution < -0.4 is 62.2 Å². The van der Waals surface area contributed by atoms with Gasteiger partial charge in [-0.05, 0) is 172 Å². The molecule has 0 saturated heterocycles. The molecule has 4 aliphatic heterocycles. The van der Waals surface area contributed by atoms with Crippen LogP contribution in [-0.4, -0.2) is 13.4 Å². The third-order valence-electron chi connectivity index (χ3n) is 18.9. The van der Waals surface area contributed by atoms with E-state index in [2.05, 4.69) is 381 Å². The molecule has 4 aliphatic rings. The smallest absolute Gasteiger partial charge is 0.252 e. The van der Waals surface area contributed by atoms with E-state index in [1.54, 1.807) is 0 Å². The highest BCUT2D eigenvalue weighted by atomic mass is 15.2. The molecule has 0 spiro atoms. The molecule has 14 aromatic rings. The molecule has 0 saturated carbocycles. The van der Waals surface area contributed by atoms with E-state index in [0.717, 1.165) is 113 Å². The second-order valence-electron chi connectivity index (χ2n) is 24.0. The van der Waals surface area contributed by atoms with Crippen LogP contribution in [0.25, 0.3) is 11.1 Å². The predicted molar refractivity (Wildman–Crippen MR) is 389 cm³/mol. The summed E-state index contributed by atoms with van der Waals surface area (Å²) in [4.78, 5) is 15.1. The fourth-order valence-corrected chi connectivity index (χ4v) is 15.2. The van der Waals surface area contributed by atoms with Crippen molar-refractivity contribution in [1.82, 2.24) is 0 Å². The van der Waals surface area contributed by atoms with Gasteiger partial charge in [-0.15, -0.1) is 0 Å². The van der Waals surface area contributed by atoms with Crippen molar-refractivity contribution in [2.75, 3.05) is 29.4 Å². The van der Waals surface area contributed by atoms with Crippen molar-refractivity contribution in [3.05, 3.63) is 352 Å². The van der Waals surface area contributed by atoms with Crippen LogP contribution in [0.15, 0.2) is 352 Å². The molecular weight excluding hydrogens is 1110 g/mol. The number of nitrogens with zero attached hydrogens (tertiary/aromatic N) is 6.